The number of ether oxygens (including phenoxy) is 2. The summed E-state index contributed by atoms with van der Waals surface area (Å²) in [6, 6.07) is 0. The molecule has 0 heterocycles. The predicted octanol–water partition coefficient (Wildman–Crippen LogP) is 10.3. The highest BCUT2D eigenvalue weighted by Crippen LogP contribution is 2.43. The Bertz CT molecular complexity index is 1440. The molecule has 0 saturated heterocycles. The van der Waals surface area contributed by atoms with E-state index < -0.39 is 57.4 Å². The number of carbonyl (C=O) groups is 2. The number of unbranched alkanes of at least 4 members (excludes halogenated alkanes) is 8. The van der Waals surface area contributed by atoms with Crippen molar-refractivity contribution in [3.05, 3.63) is 97.2 Å². The van der Waals surface area contributed by atoms with Gasteiger partial charge in [0.05, 0.1) is 46.1 Å². The van der Waals surface area contributed by atoms with Crippen LogP contribution in [0.15, 0.2) is 97.2 Å². The Morgan fingerprint density at radius 2 is 1.14 bits per heavy atom. The lowest BCUT2D eigenvalue weighted by molar-refractivity contribution is -0.870. The first-order valence-corrected chi connectivity index (χ1v) is 24.8. The number of phosphoric acid groups is 1. The lowest BCUT2D eigenvalue weighted by Gasteiger charge is -2.24. The molecule has 4 N–H and O–H groups in total. The first-order chi connectivity index (χ1) is 30.2. The number of allylic oxidation sites excluding steroid dienone is 14. The zero-order valence-electron chi connectivity index (χ0n) is 39.4. The molecule has 0 aromatic heterocycles. The van der Waals surface area contributed by atoms with Gasteiger partial charge in [-0.1, -0.05) is 150 Å². The lowest BCUT2D eigenvalue weighted by atomic mass is 10.1. The number of hydrogen-bond acceptors (Lipinski definition) is 10. The summed E-state index contributed by atoms with van der Waals surface area (Å²) >= 11 is 0. The van der Waals surface area contributed by atoms with Crippen LogP contribution in [0.4, 0.5) is 0 Å². The van der Waals surface area contributed by atoms with E-state index >= 15 is 0 Å². The summed E-state index contributed by atoms with van der Waals surface area (Å²) in [6.45, 7) is 3.83. The second-order valence-corrected chi connectivity index (χ2v) is 18.1. The van der Waals surface area contributed by atoms with Crippen molar-refractivity contribution in [2.75, 3.05) is 47.5 Å². The average molecular weight is 907 g/mol. The van der Waals surface area contributed by atoms with Crippen LogP contribution in [-0.2, 0) is 32.7 Å². The number of esters is 2. The number of aliphatic hydroxyl groups excluding tert-OH is 3. The fourth-order valence-electron chi connectivity index (χ4n) is 5.61. The molecular weight excluding hydrogens is 822 g/mol. The fraction of sp³-hybridized carbons (Fsp3) is 0.640. The molecule has 0 aliphatic heterocycles. The Labute approximate surface area is 381 Å². The summed E-state index contributed by atoms with van der Waals surface area (Å²) < 4.78 is 34.0. The number of carbonyl (C=O) groups excluding carboxylic acids is 2. The number of quaternary nitrogens is 1. The van der Waals surface area contributed by atoms with E-state index in [1.165, 1.54) is 31.8 Å². The van der Waals surface area contributed by atoms with Crippen LogP contribution >= 0.6 is 7.82 Å². The van der Waals surface area contributed by atoms with Gasteiger partial charge in [0.15, 0.2) is 6.10 Å². The lowest BCUT2D eigenvalue weighted by Crippen LogP contribution is -2.37. The van der Waals surface area contributed by atoms with E-state index in [1.54, 1.807) is 42.5 Å². The van der Waals surface area contributed by atoms with Gasteiger partial charge in [-0.3, -0.25) is 18.6 Å². The molecule has 13 heteroatoms. The molecule has 0 radical (unpaired) electrons. The van der Waals surface area contributed by atoms with E-state index in [2.05, 4.69) is 62.5 Å². The predicted molar refractivity (Wildman–Crippen MR) is 256 cm³/mol. The van der Waals surface area contributed by atoms with Crippen LogP contribution in [0.1, 0.15) is 136 Å². The zero-order chi connectivity index (χ0) is 46.9. The van der Waals surface area contributed by atoms with E-state index in [0.717, 1.165) is 64.2 Å². The second kappa shape index (κ2) is 40.3. The standard InChI is InChI=1S/C50H84NO11P/c1-6-8-10-11-12-13-14-15-16-17-18-19-20-21-22-23-24-29-33-39-50(56)62-46(44-61-63(57,58)60-42-41-51(3,4)5)43-59-49(55)40-34-38-48(54)47(53)37-32-28-26-25-27-31-36-45(52)35-30-9-7-2/h12-13,15-16,18-19,21-22,25-28,31-32,36-37,45-48,52-54H,6-11,14,17,20,23-24,29-30,33-35,38-44H2,1-5H3/p+1/b13-12-,16-15-,19-18-,22-21-,27-25-,28-26+,36-31+,37-32+/t45-,46-,47-,48-/m1/s1. The minimum atomic E-state index is -4.48. The topological polar surface area (TPSA) is 169 Å². The molecular formula is C50H85NO11P+. The molecule has 0 amide bonds. The van der Waals surface area contributed by atoms with Gasteiger partial charge >= 0.3 is 19.8 Å². The number of nitrogens with zero attached hydrogens (tertiary/aromatic N) is 1. The Kier molecular flexibility index (Phi) is 38.3. The first kappa shape index (κ1) is 59.8. The maximum Gasteiger partial charge on any atom is 0.472 e. The fourth-order valence-corrected chi connectivity index (χ4v) is 6.36. The molecule has 0 rings (SSSR count). The van der Waals surface area contributed by atoms with Crippen molar-refractivity contribution in [1.29, 1.82) is 0 Å². The highest BCUT2D eigenvalue weighted by Gasteiger charge is 2.27. The summed E-state index contributed by atoms with van der Waals surface area (Å²) in [5, 5.41) is 30.5. The van der Waals surface area contributed by atoms with Gasteiger partial charge in [-0.05, 0) is 70.6 Å². The Balaban J connectivity index is 4.72. The minimum absolute atomic E-state index is 0.0359. The number of phosphoric ester groups is 1. The summed E-state index contributed by atoms with van der Waals surface area (Å²) in [6.07, 6.45) is 42.5. The van der Waals surface area contributed by atoms with Crippen LogP contribution in [0.25, 0.3) is 0 Å². The maximum absolute atomic E-state index is 12.7. The highest BCUT2D eigenvalue weighted by molar-refractivity contribution is 7.47. The minimum Gasteiger partial charge on any atom is -0.462 e. The third kappa shape index (κ3) is 42.5. The number of likely N-dealkylation sites (N-methyl/N-ethyl adjacent to an activating group) is 1. The van der Waals surface area contributed by atoms with Crippen LogP contribution in [-0.4, -0.2) is 109 Å². The maximum atomic E-state index is 12.7. The van der Waals surface area contributed by atoms with Crippen LogP contribution in [0.2, 0.25) is 0 Å². The van der Waals surface area contributed by atoms with Crippen molar-refractivity contribution < 1.29 is 57.4 Å². The van der Waals surface area contributed by atoms with E-state index in [1.807, 2.05) is 21.1 Å². The SMILES string of the molecule is CCCCC/C=C\C/C=C\C/C=C\C/C=C\CCCCCC(=O)O[C@H](COC(=O)CCC[C@@H](O)[C@H](O)/C=C/C=C/C=C\C=C\[C@H](O)CCCCC)COP(=O)(O)OCC[N+](C)(C)C. The van der Waals surface area contributed by atoms with Crippen molar-refractivity contribution in [1.82, 2.24) is 0 Å². The van der Waals surface area contributed by atoms with Crippen LogP contribution < -0.4 is 0 Å². The summed E-state index contributed by atoms with van der Waals surface area (Å²) in [5.41, 5.74) is 0. The molecule has 1 unspecified atom stereocenters. The Morgan fingerprint density at radius 1 is 0.603 bits per heavy atom. The van der Waals surface area contributed by atoms with Crippen molar-refractivity contribution in [3.8, 4) is 0 Å². The van der Waals surface area contributed by atoms with E-state index in [9.17, 15) is 34.4 Å². The van der Waals surface area contributed by atoms with Crippen molar-refractivity contribution in [3.63, 3.8) is 0 Å². The highest BCUT2D eigenvalue weighted by atomic mass is 31.2. The van der Waals surface area contributed by atoms with E-state index in [-0.39, 0.29) is 32.3 Å². The third-order valence-electron chi connectivity index (χ3n) is 9.45. The molecule has 360 valence electrons. The average Bonchev–Trinajstić information content (AvgIpc) is 3.23. The first-order valence-electron chi connectivity index (χ1n) is 23.3. The molecule has 0 aliphatic rings. The molecule has 12 nitrogen and oxygen atoms in total. The molecule has 0 aromatic carbocycles. The molecule has 0 spiro atoms. The molecule has 0 bridgehead atoms. The molecule has 0 fully saturated rings. The Hall–Kier alpha value is -3.19. The van der Waals surface area contributed by atoms with E-state index in [4.69, 9.17) is 18.5 Å². The van der Waals surface area contributed by atoms with Gasteiger partial charge in [-0.15, -0.1) is 0 Å². The van der Waals surface area contributed by atoms with Crippen LogP contribution in [0.3, 0.4) is 0 Å². The van der Waals surface area contributed by atoms with Gasteiger partial charge in [0, 0.05) is 12.8 Å². The summed E-state index contributed by atoms with van der Waals surface area (Å²) in [4.78, 5) is 35.5. The molecule has 5 atom stereocenters. The summed E-state index contributed by atoms with van der Waals surface area (Å²) in [7, 11) is 1.25. The van der Waals surface area contributed by atoms with Gasteiger partial charge in [0.25, 0.3) is 0 Å². The van der Waals surface area contributed by atoms with Gasteiger partial charge in [0.2, 0.25) is 0 Å². The number of aliphatic hydroxyl groups is 3. The zero-order valence-corrected chi connectivity index (χ0v) is 40.2. The summed E-state index contributed by atoms with van der Waals surface area (Å²) in [5.74, 6) is -1.18. The normalized spacial score (nSPS) is 15.9. The number of hydrogen-bond donors (Lipinski definition) is 4. The smallest absolute Gasteiger partial charge is 0.462 e. The Morgan fingerprint density at radius 3 is 1.75 bits per heavy atom. The molecule has 0 aliphatic carbocycles. The van der Waals surface area contributed by atoms with Crippen molar-refractivity contribution >= 4 is 19.8 Å². The van der Waals surface area contributed by atoms with Crippen LogP contribution in [0, 0.1) is 0 Å². The third-order valence-corrected chi connectivity index (χ3v) is 10.4. The largest absolute Gasteiger partial charge is 0.472 e. The van der Waals surface area contributed by atoms with Crippen LogP contribution in [0.5, 0.6) is 0 Å². The van der Waals surface area contributed by atoms with Crippen molar-refractivity contribution in [2.24, 2.45) is 0 Å². The second-order valence-electron chi connectivity index (χ2n) is 16.6. The monoisotopic (exact) mass is 907 g/mol. The van der Waals surface area contributed by atoms with Gasteiger partial charge in [0.1, 0.15) is 19.8 Å². The van der Waals surface area contributed by atoms with Gasteiger partial charge in [-0.25, -0.2) is 4.57 Å². The van der Waals surface area contributed by atoms with Crippen molar-refractivity contribution in [2.45, 2.75) is 160 Å². The van der Waals surface area contributed by atoms with E-state index in [0.29, 0.717) is 17.4 Å². The molecule has 0 aromatic rings. The van der Waals surface area contributed by atoms with Gasteiger partial charge in [-0.2, -0.15) is 0 Å². The van der Waals surface area contributed by atoms with Gasteiger partial charge < -0.3 is 34.2 Å². The quantitative estimate of drug-likeness (QED) is 0.0115. The molecule has 0 saturated carbocycles. The molecule has 63 heavy (non-hydrogen) atoms. The number of rotatable bonds is 40.